The number of aliphatic hydroxyl groups is 1. The van der Waals surface area contributed by atoms with E-state index in [4.69, 9.17) is 36.6 Å². The van der Waals surface area contributed by atoms with Crippen LogP contribution in [0.15, 0.2) is 0 Å². The van der Waals surface area contributed by atoms with Gasteiger partial charge >= 0.3 is 23.5 Å². The van der Waals surface area contributed by atoms with E-state index in [0.29, 0.717) is 57.3 Å². The van der Waals surface area contributed by atoms with Crippen molar-refractivity contribution in [3.05, 3.63) is 0 Å². The number of aliphatic hydroxyl groups excluding tert-OH is 1. The molecule has 0 saturated heterocycles. The molecule has 0 aromatic rings. The summed E-state index contributed by atoms with van der Waals surface area (Å²) in [5.74, 6) is 1.52. The van der Waals surface area contributed by atoms with Crippen molar-refractivity contribution < 1.29 is 89.3 Å². The first-order valence-electron chi connectivity index (χ1n) is 28.9. The highest BCUT2D eigenvalue weighted by molar-refractivity contribution is 7.47. The van der Waals surface area contributed by atoms with Crippen molar-refractivity contribution in [3.8, 4) is 0 Å². The molecule has 21 nitrogen and oxygen atoms in total. The van der Waals surface area contributed by atoms with Gasteiger partial charge in [0, 0.05) is 69.7 Å². The molecule has 3 unspecified atom stereocenters. The van der Waals surface area contributed by atoms with Crippen molar-refractivity contribution in [2.24, 2.45) is 23.7 Å². The van der Waals surface area contributed by atoms with Crippen LogP contribution in [0.5, 0.6) is 0 Å². The molecule has 24 heteroatoms. The number of Topliss-reactive ketones (excluding diaryl/α,β-unsaturated/α-hetero) is 2. The second-order valence-corrected chi connectivity index (χ2v) is 25.6. The second-order valence-electron chi connectivity index (χ2n) is 21.3. The minimum Gasteiger partial charge on any atom is -0.396 e. The molecular formula is C55H115N2O19P3. The van der Waals surface area contributed by atoms with Crippen LogP contribution in [0.3, 0.4) is 0 Å². The quantitative estimate of drug-likeness (QED) is 0.0244. The van der Waals surface area contributed by atoms with Crippen molar-refractivity contribution in [2.45, 2.75) is 244 Å². The number of phosphoric ester groups is 3. The molecule has 0 rings (SSSR count). The molecular weight excluding hydrogens is 1090 g/mol. The lowest BCUT2D eigenvalue weighted by Gasteiger charge is -2.16. The third kappa shape index (κ3) is 63.9. The smallest absolute Gasteiger partial charge is 0.396 e. The van der Waals surface area contributed by atoms with Crippen LogP contribution in [0.2, 0.25) is 0 Å². The molecule has 0 heterocycles. The van der Waals surface area contributed by atoms with Crippen molar-refractivity contribution >= 4 is 46.8 Å². The van der Waals surface area contributed by atoms with Gasteiger partial charge in [-0.25, -0.2) is 13.7 Å². The van der Waals surface area contributed by atoms with Crippen molar-refractivity contribution in [3.63, 3.8) is 0 Å². The summed E-state index contributed by atoms with van der Waals surface area (Å²) in [6.07, 6.45) is 17.0. The third-order valence-electron chi connectivity index (χ3n) is 11.0. The molecule has 79 heavy (non-hydrogen) atoms. The predicted octanol–water partition coefficient (Wildman–Crippen LogP) is 12.4. The SMILES string of the molecule is C.CC(C)CCCCCCCNC(=O)CCCCC(=O)C(C)C.CC(C)OP(=O)(O)OCCCCCCCNC(=O)CCCCC(=O)C(C)C.CC(C)OP(=O)(O)OCCCOCC(CO)COCCCOP(=O)(O)OC(C)C. The molecule has 0 aromatic carbocycles. The number of phosphoric acid groups is 3. The van der Waals surface area contributed by atoms with Gasteiger partial charge in [0.2, 0.25) is 11.8 Å². The zero-order valence-corrected chi connectivity index (χ0v) is 52.9. The fraction of sp³-hybridized carbons (Fsp3) is 0.927. The monoisotopic (exact) mass is 1200 g/mol. The number of nitrogens with one attached hydrogen (secondary N) is 2. The Morgan fingerprint density at radius 2 is 0.734 bits per heavy atom. The molecule has 2 amide bonds. The largest absolute Gasteiger partial charge is 0.472 e. The molecule has 0 aromatic heterocycles. The first-order chi connectivity index (χ1) is 36.5. The number of carbonyl (C=O) groups is 4. The maximum Gasteiger partial charge on any atom is 0.472 e. The van der Waals surface area contributed by atoms with Gasteiger partial charge in [0.15, 0.2) is 0 Å². The average Bonchev–Trinajstić information content (AvgIpc) is 3.32. The Bertz CT molecular complexity index is 1600. The Morgan fingerprint density at radius 1 is 0.418 bits per heavy atom. The maximum atomic E-state index is 11.7. The number of hydrogen-bond donors (Lipinski definition) is 6. The van der Waals surface area contributed by atoms with Crippen LogP contribution in [0.1, 0.15) is 225 Å². The van der Waals surface area contributed by atoms with Gasteiger partial charge in [0.05, 0.1) is 58.0 Å². The van der Waals surface area contributed by atoms with E-state index in [1.807, 2.05) is 27.7 Å². The number of ketones is 2. The predicted molar refractivity (Wildman–Crippen MR) is 312 cm³/mol. The first kappa shape index (κ1) is 83.9. The van der Waals surface area contributed by atoms with Gasteiger partial charge in [-0.15, -0.1) is 0 Å². The standard InChI is InChI=1S/C19H38NO6P.C19H37NO2.C16H36O11P2.CH4/c1-16(2)18(21)12-8-9-13-19(22)20-14-10-6-5-7-11-15-25-27(23,24)26-17(3)4;1-16(2)12-8-6-5-7-11-15-20-19(22)14-10-9-13-18(21)17(3)4;1-14(2)26-28(18,19)24-9-5-7-22-12-16(11-17)13-23-8-6-10-25-29(20,21)27-15(3)4;/h16-17H,5-15H2,1-4H3,(H,20,22)(H,23,24);16-17H,5-15H2,1-4H3,(H,20,22);14-17H,5-13H2,1-4H3,(H,18,19)(H,20,21);1H4. The molecule has 474 valence electrons. The van der Waals surface area contributed by atoms with Gasteiger partial charge in [-0.3, -0.25) is 46.3 Å². The highest BCUT2D eigenvalue weighted by Crippen LogP contribution is 2.46. The maximum absolute atomic E-state index is 11.7. The summed E-state index contributed by atoms with van der Waals surface area (Å²) in [6, 6.07) is 0. The molecule has 0 aliphatic heterocycles. The Morgan fingerprint density at radius 3 is 1.06 bits per heavy atom. The van der Waals surface area contributed by atoms with E-state index in [9.17, 15) is 52.7 Å². The Balaban J connectivity index is -0.000000536. The lowest BCUT2D eigenvalue weighted by molar-refractivity contribution is -0.123. The fourth-order valence-electron chi connectivity index (χ4n) is 6.75. The highest BCUT2D eigenvalue weighted by Gasteiger charge is 2.24. The minimum absolute atomic E-state index is 0. The van der Waals surface area contributed by atoms with Gasteiger partial charge < -0.3 is 39.9 Å². The van der Waals surface area contributed by atoms with E-state index >= 15 is 0 Å². The molecule has 0 fully saturated rings. The summed E-state index contributed by atoms with van der Waals surface area (Å²) in [6.45, 7) is 24.7. The van der Waals surface area contributed by atoms with Gasteiger partial charge in [0.25, 0.3) is 0 Å². The molecule has 0 saturated carbocycles. The van der Waals surface area contributed by atoms with Crippen LogP contribution >= 0.6 is 23.5 Å². The lowest BCUT2D eigenvalue weighted by atomic mass is 10.0. The zero-order chi connectivity index (χ0) is 59.8. The Kier molecular flexibility index (Phi) is 56.6. The Labute approximate surface area is 478 Å². The topological polar surface area (TPSA) is 298 Å². The number of unbranched alkanes of at least 4 members (excludes halogenated alkanes) is 10. The van der Waals surface area contributed by atoms with E-state index in [1.165, 1.54) is 32.1 Å². The molecule has 6 N–H and O–H groups in total. The van der Waals surface area contributed by atoms with E-state index in [-0.39, 0.29) is 102 Å². The third-order valence-corrected chi connectivity index (χ3v) is 14.6. The summed E-state index contributed by atoms with van der Waals surface area (Å²) < 4.78 is 74.0. The van der Waals surface area contributed by atoms with Crippen LogP contribution in [0.4, 0.5) is 0 Å². The van der Waals surface area contributed by atoms with Gasteiger partial charge in [-0.1, -0.05) is 100 Å². The van der Waals surface area contributed by atoms with Crippen molar-refractivity contribution in [1.82, 2.24) is 10.6 Å². The zero-order valence-electron chi connectivity index (χ0n) is 50.2. The second kappa shape index (κ2) is 53.2. The van der Waals surface area contributed by atoms with Crippen LogP contribution in [-0.2, 0) is 69.5 Å². The van der Waals surface area contributed by atoms with E-state index in [1.54, 1.807) is 41.5 Å². The van der Waals surface area contributed by atoms with Gasteiger partial charge in [-0.05, 0) is 105 Å². The van der Waals surface area contributed by atoms with Crippen LogP contribution in [0.25, 0.3) is 0 Å². The van der Waals surface area contributed by atoms with Crippen LogP contribution in [0, 0.1) is 23.7 Å². The summed E-state index contributed by atoms with van der Waals surface area (Å²) in [5.41, 5.74) is 0. The fourth-order valence-corrected chi connectivity index (χ4v) is 9.61. The number of amides is 2. The number of carbonyl (C=O) groups excluding carboxylic acids is 4. The lowest BCUT2D eigenvalue weighted by Crippen LogP contribution is -2.24. The molecule has 3 atom stereocenters. The van der Waals surface area contributed by atoms with Crippen LogP contribution < -0.4 is 10.6 Å². The summed E-state index contributed by atoms with van der Waals surface area (Å²) in [4.78, 5) is 74.4. The first-order valence-corrected chi connectivity index (χ1v) is 33.3. The number of rotatable bonds is 50. The van der Waals surface area contributed by atoms with Crippen molar-refractivity contribution in [1.29, 1.82) is 0 Å². The van der Waals surface area contributed by atoms with Crippen LogP contribution in [-0.4, -0.2) is 127 Å². The van der Waals surface area contributed by atoms with E-state index in [0.717, 1.165) is 70.3 Å². The molecule has 0 spiro atoms. The molecule has 0 aliphatic carbocycles. The van der Waals surface area contributed by atoms with E-state index in [2.05, 4.69) is 24.5 Å². The molecule has 0 bridgehead atoms. The minimum atomic E-state index is -4.03. The number of ether oxygens (including phenoxy) is 2. The van der Waals surface area contributed by atoms with Crippen molar-refractivity contribution in [2.75, 3.05) is 65.9 Å². The normalized spacial score (nSPS) is 14.2. The van der Waals surface area contributed by atoms with Gasteiger partial charge in [-0.2, -0.15) is 0 Å². The molecule has 0 radical (unpaired) electrons. The summed E-state index contributed by atoms with van der Waals surface area (Å²) >= 11 is 0. The summed E-state index contributed by atoms with van der Waals surface area (Å²) in [7, 11) is -12.0. The Hall–Kier alpha value is -1.51. The molecule has 0 aliphatic rings. The highest BCUT2D eigenvalue weighted by atomic mass is 31.2. The van der Waals surface area contributed by atoms with Gasteiger partial charge in [0.1, 0.15) is 11.6 Å². The number of hydrogen-bond acceptors (Lipinski definition) is 16. The summed E-state index contributed by atoms with van der Waals surface area (Å²) in [5, 5.41) is 15.2. The van der Waals surface area contributed by atoms with E-state index < -0.39 is 35.7 Å². The average molecular weight is 1200 g/mol.